The quantitative estimate of drug-likeness (QED) is 0.392. The molecule has 4 rings (SSSR count). The Morgan fingerprint density at radius 3 is 2.78 bits per heavy atom. The number of H-pyrrole nitrogens is 1. The van der Waals surface area contributed by atoms with Crippen LogP contribution in [0, 0.1) is 0 Å². The highest BCUT2D eigenvalue weighted by molar-refractivity contribution is 7.80. The lowest BCUT2D eigenvalue weighted by Crippen LogP contribution is -2.35. The predicted molar refractivity (Wildman–Crippen MR) is 132 cm³/mol. The Hall–Kier alpha value is -3.42. The van der Waals surface area contributed by atoms with E-state index in [0.717, 1.165) is 22.2 Å². The van der Waals surface area contributed by atoms with Gasteiger partial charge in [-0.1, -0.05) is 23.7 Å². The zero-order chi connectivity index (χ0) is 22.5. The van der Waals surface area contributed by atoms with E-state index in [4.69, 9.17) is 28.6 Å². The molecule has 2 aromatic carbocycles. The molecule has 0 radical (unpaired) electrons. The highest BCUT2D eigenvalue weighted by Crippen LogP contribution is 2.20. The van der Waals surface area contributed by atoms with E-state index in [0.29, 0.717) is 34.5 Å². The number of thiocarbonyl (C=S) groups is 1. The third kappa shape index (κ3) is 5.25. The molecule has 0 amide bonds. The Labute approximate surface area is 195 Å². The number of aromatic amines is 1. The van der Waals surface area contributed by atoms with Crippen LogP contribution in [0.5, 0.6) is 5.75 Å². The van der Waals surface area contributed by atoms with Crippen LogP contribution in [-0.2, 0) is 13.1 Å². The first-order valence-electron chi connectivity index (χ1n) is 9.92. The monoisotopic (exact) mass is 464 g/mol. The molecule has 32 heavy (non-hydrogen) atoms. The van der Waals surface area contributed by atoms with Gasteiger partial charge in [0.15, 0.2) is 5.11 Å². The molecule has 0 aliphatic carbocycles. The number of hydrogen-bond donors (Lipinski definition) is 2. The van der Waals surface area contributed by atoms with Gasteiger partial charge >= 0.3 is 0 Å². The van der Waals surface area contributed by atoms with E-state index in [1.165, 1.54) is 0 Å². The van der Waals surface area contributed by atoms with Gasteiger partial charge in [-0.3, -0.25) is 9.78 Å². The summed E-state index contributed by atoms with van der Waals surface area (Å²) in [6.45, 7) is 0.804. The van der Waals surface area contributed by atoms with Crippen LogP contribution in [0.1, 0.15) is 11.1 Å². The zero-order valence-corrected chi connectivity index (χ0v) is 18.9. The van der Waals surface area contributed by atoms with E-state index in [1.807, 2.05) is 47.4 Å². The van der Waals surface area contributed by atoms with Gasteiger partial charge in [0.05, 0.1) is 19.2 Å². The smallest absolute Gasteiger partial charge is 0.253 e. The van der Waals surface area contributed by atoms with E-state index in [9.17, 15) is 4.79 Å². The van der Waals surface area contributed by atoms with E-state index in [2.05, 4.69) is 15.3 Å². The van der Waals surface area contributed by atoms with Crippen LogP contribution in [0.2, 0.25) is 5.02 Å². The topological polar surface area (TPSA) is 70.2 Å². The molecule has 0 unspecified atom stereocenters. The molecule has 0 saturated heterocycles. The molecular weight excluding hydrogens is 444 g/mol. The van der Waals surface area contributed by atoms with E-state index < -0.39 is 0 Å². The maximum Gasteiger partial charge on any atom is 0.253 e. The lowest BCUT2D eigenvalue weighted by atomic mass is 10.1. The summed E-state index contributed by atoms with van der Waals surface area (Å²) in [5, 5.41) is 5.22. The van der Waals surface area contributed by atoms with Crippen LogP contribution in [0.3, 0.4) is 0 Å². The zero-order valence-electron chi connectivity index (χ0n) is 17.3. The first-order valence-corrected chi connectivity index (χ1v) is 10.7. The summed E-state index contributed by atoms with van der Waals surface area (Å²) in [7, 11) is 1.60. The summed E-state index contributed by atoms with van der Waals surface area (Å²) in [5.41, 5.74) is 2.90. The number of hydrogen-bond acceptors (Lipinski definition) is 4. The van der Waals surface area contributed by atoms with Crippen LogP contribution in [0.4, 0.5) is 5.69 Å². The predicted octanol–water partition coefficient (Wildman–Crippen LogP) is 4.98. The van der Waals surface area contributed by atoms with Gasteiger partial charge in [-0.2, -0.15) is 0 Å². The number of methoxy groups -OCH3 is 1. The maximum absolute atomic E-state index is 12.8. The second kappa shape index (κ2) is 9.80. The number of fused-ring (bicyclic) bond motifs is 1. The third-order valence-electron chi connectivity index (χ3n) is 4.95. The minimum atomic E-state index is -0.174. The minimum absolute atomic E-state index is 0.174. The molecular formula is C24H21ClN4O2S. The van der Waals surface area contributed by atoms with Gasteiger partial charge in [0.1, 0.15) is 5.75 Å². The summed E-state index contributed by atoms with van der Waals surface area (Å²) in [4.78, 5) is 21.9. The van der Waals surface area contributed by atoms with Crippen LogP contribution < -0.4 is 15.6 Å². The van der Waals surface area contributed by atoms with Crippen molar-refractivity contribution in [3.05, 3.63) is 99.6 Å². The SMILES string of the molecule is COc1ccc2cc(CN(Cc3cccnc3)C(=S)Nc3cccc(Cl)c3)c(=O)[nH]c2c1. The molecule has 8 heteroatoms. The summed E-state index contributed by atoms with van der Waals surface area (Å²) < 4.78 is 5.25. The fraction of sp³-hybridized carbons (Fsp3) is 0.125. The van der Waals surface area contributed by atoms with Gasteiger partial charge in [-0.15, -0.1) is 0 Å². The van der Waals surface area contributed by atoms with Gasteiger partial charge in [-0.05, 0) is 65.6 Å². The number of anilines is 1. The molecule has 0 aliphatic rings. The fourth-order valence-electron chi connectivity index (χ4n) is 3.36. The van der Waals surface area contributed by atoms with Gasteiger partial charge in [-0.25, -0.2) is 0 Å². The standard InChI is InChI=1S/C24H21ClN4O2S/c1-31-21-8-7-17-10-18(23(30)28-22(17)12-21)15-29(14-16-4-3-9-26-13-16)24(32)27-20-6-2-5-19(25)11-20/h2-13H,14-15H2,1H3,(H,27,32)(H,28,30). The van der Waals surface area contributed by atoms with Crippen molar-refractivity contribution >= 4 is 45.5 Å². The van der Waals surface area contributed by atoms with Crippen molar-refractivity contribution in [2.75, 3.05) is 12.4 Å². The number of halogens is 1. The molecule has 4 aromatic rings. The second-order valence-electron chi connectivity index (χ2n) is 7.23. The average molecular weight is 465 g/mol. The van der Waals surface area contributed by atoms with Gasteiger partial charge in [0.25, 0.3) is 5.56 Å². The first kappa shape index (κ1) is 21.8. The van der Waals surface area contributed by atoms with Crippen LogP contribution in [0.15, 0.2) is 77.9 Å². The Morgan fingerprint density at radius 2 is 2.03 bits per heavy atom. The van der Waals surface area contributed by atoms with Crippen molar-refractivity contribution in [1.29, 1.82) is 0 Å². The lowest BCUT2D eigenvalue weighted by molar-refractivity contribution is 0.410. The van der Waals surface area contributed by atoms with Crippen molar-refractivity contribution < 1.29 is 4.74 Å². The maximum atomic E-state index is 12.8. The van der Waals surface area contributed by atoms with E-state index >= 15 is 0 Å². The molecule has 0 saturated carbocycles. The number of rotatable bonds is 6. The molecule has 6 nitrogen and oxygen atoms in total. The van der Waals surface area contributed by atoms with Crippen LogP contribution in [0.25, 0.3) is 10.9 Å². The van der Waals surface area contributed by atoms with E-state index in [-0.39, 0.29) is 5.56 Å². The molecule has 2 heterocycles. The average Bonchev–Trinajstić information content (AvgIpc) is 2.79. The molecule has 0 fully saturated rings. The van der Waals surface area contributed by atoms with Gasteiger partial charge in [0.2, 0.25) is 0 Å². The van der Waals surface area contributed by atoms with E-state index in [1.54, 1.807) is 37.7 Å². The Morgan fingerprint density at radius 1 is 1.16 bits per heavy atom. The molecule has 0 aliphatic heterocycles. The largest absolute Gasteiger partial charge is 0.497 e. The number of nitrogens with zero attached hydrogens (tertiary/aromatic N) is 2. The highest BCUT2D eigenvalue weighted by Gasteiger charge is 2.15. The third-order valence-corrected chi connectivity index (χ3v) is 5.55. The molecule has 0 spiro atoms. The lowest BCUT2D eigenvalue weighted by Gasteiger charge is -2.26. The van der Waals surface area contributed by atoms with Crippen molar-refractivity contribution in [2.24, 2.45) is 0 Å². The molecule has 162 valence electrons. The number of ether oxygens (including phenoxy) is 1. The van der Waals surface area contributed by atoms with Crippen LogP contribution >= 0.6 is 23.8 Å². The molecule has 2 N–H and O–H groups in total. The van der Waals surface area contributed by atoms with Crippen molar-refractivity contribution in [3.63, 3.8) is 0 Å². The first-order chi connectivity index (χ1) is 15.5. The van der Waals surface area contributed by atoms with Crippen molar-refractivity contribution in [3.8, 4) is 5.75 Å². The number of aromatic nitrogens is 2. The molecule has 0 atom stereocenters. The number of benzene rings is 2. The molecule has 2 aromatic heterocycles. The van der Waals surface area contributed by atoms with Gasteiger partial charge < -0.3 is 19.9 Å². The van der Waals surface area contributed by atoms with Crippen LogP contribution in [-0.4, -0.2) is 27.1 Å². The number of pyridine rings is 2. The summed E-state index contributed by atoms with van der Waals surface area (Å²) >= 11 is 11.8. The van der Waals surface area contributed by atoms with Crippen molar-refractivity contribution in [2.45, 2.75) is 13.1 Å². The summed E-state index contributed by atoms with van der Waals surface area (Å²) in [5.74, 6) is 0.686. The Balaban J connectivity index is 1.64. The van der Waals surface area contributed by atoms with Crippen molar-refractivity contribution in [1.82, 2.24) is 14.9 Å². The minimum Gasteiger partial charge on any atom is -0.497 e. The summed E-state index contributed by atoms with van der Waals surface area (Å²) in [6, 6.07) is 18.6. The Bertz CT molecular complexity index is 1310. The summed E-state index contributed by atoms with van der Waals surface area (Å²) in [6.07, 6.45) is 3.50. The second-order valence-corrected chi connectivity index (χ2v) is 8.06. The Kier molecular flexibility index (Phi) is 6.68. The number of nitrogens with one attached hydrogen (secondary N) is 2. The van der Waals surface area contributed by atoms with Gasteiger partial charge in [0, 0.05) is 41.3 Å². The fourth-order valence-corrected chi connectivity index (χ4v) is 3.79. The highest BCUT2D eigenvalue weighted by atomic mass is 35.5. The molecule has 0 bridgehead atoms. The normalized spacial score (nSPS) is 10.7.